The lowest BCUT2D eigenvalue weighted by atomic mass is 9.84. The SMILES string of the molecule is CC(C)C[C@H](NC(=O)COc1ccccc1C1CCCCC1)C(=O)N[C@@H](Cc1ccc(OC(=O)N2CCC(NC(=O)CC3CCCCC3)CC2)cc1)C(=O)O. The zero-order valence-corrected chi connectivity index (χ0v) is 32.6. The summed E-state index contributed by atoms with van der Waals surface area (Å²) in [4.78, 5) is 65.8. The second-order valence-electron chi connectivity index (χ2n) is 16.1. The first-order valence-electron chi connectivity index (χ1n) is 20.4. The molecule has 2 saturated carbocycles. The fourth-order valence-electron chi connectivity index (χ4n) is 8.16. The van der Waals surface area contributed by atoms with Gasteiger partial charge >= 0.3 is 12.1 Å². The van der Waals surface area contributed by atoms with Gasteiger partial charge in [0, 0.05) is 32.0 Å². The minimum absolute atomic E-state index is 0.0152. The van der Waals surface area contributed by atoms with Crippen LogP contribution >= 0.6 is 0 Å². The second kappa shape index (κ2) is 20.9. The third-order valence-corrected chi connectivity index (χ3v) is 11.2. The highest BCUT2D eigenvalue weighted by molar-refractivity contribution is 5.91. The summed E-state index contributed by atoms with van der Waals surface area (Å²) in [7, 11) is 0. The summed E-state index contributed by atoms with van der Waals surface area (Å²) in [6, 6.07) is 12.2. The molecule has 1 aliphatic heterocycles. The van der Waals surface area contributed by atoms with Crippen LogP contribution in [0.2, 0.25) is 0 Å². The highest BCUT2D eigenvalue weighted by atomic mass is 16.6. The first-order valence-corrected chi connectivity index (χ1v) is 20.4. The highest BCUT2D eigenvalue weighted by Gasteiger charge is 2.29. The van der Waals surface area contributed by atoms with Gasteiger partial charge in [-0.05, 0) is 92.0 Å². The molecule has 12 nitrogen and oxygen atoms in total. The number of likely N-dealkylation sites (tertiary alicyclic amines) is 1. The van der Waals surface area contributed by atoms with E-state index in [2.05, 4.69) is 22.0 Å². The fraction of sp³-hybridized carbons (Fsp3) is 0.605. The molecule has 0 unspecified atom stereocenters. The largest absolute Gasteiger partial charge is 0.483 e. The van der Waals surface area contributed by atoms with Gasteiger partial charge in [0.15, 0.2) is 6.61 Å². The normalized spacial score (nSPS) is 18.2. The zero-order valence-electron chi connectivity index (χ0n) is 32.6. The number of ether oxygens (including phenoxy) is 2. The molecule has 2 aliphatic carbocycles. The van der Waals surface area contributed by atoms with Crippen molar-refractivity contribution in [3.05, 3.63) is 59.7 Å². The summed E-state index contributed by atoms with van der Waals surface area (Å²) in [5.41, 5.74) is 1.72. The van der Waals surface area contributed by atoms with Gasteiger partial charge in [-0.2, -0.15) is 0 Å². The number of rotatable bonds is 16. The number of carbonyl (C=O) groups excluding carboxylic acids is 4. The van der Waals surface area contributed by atoms with Gasteiger partial charge in [0.2, 0.25) is 11.8 Å². The number of piperidine rings is 1. The van der Waals surface area contributed by atoms with Crippen LogP contribution in [0.15, 0.2) is 48.5 Å². The van der Waals surface area contributed by atoms with Gasteiger partial charge in [-0.15, -0.1) is 0 Å². The number of hydrogen-bond donors (Lipinski definition) is 4. The Morgan fingerprint density at radius 3 is 2.09 bits per heavy atom. The van der Waals surface area contributed by atoms with E-state index < -0.39 is 36.0 Å². The van der Waals surface area contributed by atoms with Gasteiger partial charge in [0.05, 0.1) is 0 Å². The Kier molecular flexibility index (Phi) is 15.8. The number of nitrogens with zero attached hydrogens (tertiary/aromatic N) is 1. The van der Waals surface area contributed by atoms with Crippen LogP contribution in [0, 0.1) is 11.8 Å². The Morgan fingerprint density at radius 1 is 0.782 bits per heavy atom. The Balaban J connectivity index is 1.07. The van der Waals surface area contributed by atoms with Gasteiger partial charge in [0.25, 0.3) is 5.91 Å². The Hall–Kier alpha value is -4.61. The monoisotopic (exact) mass is 760 g/mol. The second-order valence-corrected chi connectivity index (χ2v) is 16.1. The number of para-hydroxylation sites is 1. The number of hydrogen-bond acceptors (Lipinski definition) is 7. The van der Waals surface area contributed by atoms with Crippen molar-refractivity contribution in [3.63, 3.8) is 0 Å². The maximum atomic E-state index is 13.4. The number of aliphatic carboxylic acids is 1. The fourth-order valence-corrected chi connectivity index (χ4v) is 8.16. The summed E-state index contributed by atoms with van der Waals surface area (Å²) in [6.07, 6.45) is 13.4. The number of benzene rings is 2. The maximum Gasteiger partial charge on any atom is 0.415 e. The first-order chi connectivity index (χ1) is 26.5. The van der Waals surface area contributed by atoms with Crippen LogP contribution in [-0.2, 0) is 25.6 Å². The van der Waals surface area contributed by atoms with E-state index in [0.717, 1.165) is 31.2 Å². The van der Waals surface area contributed by atoms with Crippen molar-refractivity contribution in [1.82, 2.24) is 20.9 Å². The van der Waals surface area contributed by atoms with E-state index in [1.54, 1.807) is 29.2 Å². The molecule has 55 heavy (non-hydrogen) atoms. The predicted molar refractivity (Wildman–Crippen MR) is 209 cm³/mol. The standard InChI is InChI=1S/C43H60N4O8/c1-29(2)25-36(45-40(49)28-54-38-16-10-9-15-35(38)32-13-7-4-8-14-32)41(50)46-37(42(51)52)26-31-17-19-34(20-18-31)55-43(53)47-23-21-33(22-24-47)44-39(48)27-30-11-5-3-6-12-30/h9-10,15-20,29-30,32-33,36-37H,3-8,11-14,21-28H2,1-2H3,(H,44,48)(H,45,49)(H,46,50)(H,51,52)/t36-,37-/m0/s1. The lowest BCUT2D eigenvalue weighted by Gasteiger charge is -2.32. The summed E-state index contributed by atoms with van der Waals surface area (Å²) < 4.78 is 11.6. The van der Waals surface area contributed by atoms with E-state index in [1.165, 1.54) is 38.5 Å². The molecular weight excluding hydrogens is 700 g/mol. The minimum atomic E-state index is -1.25. The molecule has 0 radical (unpaired) electrons. The number of carboxylic acids is 1. The van der Waals surface area contributed by atoms with E-state index >= 15 is 0 Å². The van der Waals surface area contributed by atoms with Crippen molar-refractivity contribution < 1.29 is 38.6 Å². The average Bonchev–Trinajstić information content (AvgIpc) is 3.18. The Morgan fingerprint density at radius 2 is 1.44 bits per heavy atom. The quantitative estimate of drug-likeness (QED) is 0.151. The third-order valence-electron chi connectivity index (χ3n) is 11.2. The molecule has 3 fully saturated rings. The topological polar surface area (TPSA) is 163 Å². The molecule has 0 bridgehead atoms. The van der Waals surface area contributed by atoms with Crippen molar-refractivity contribution in [2.75, 3.05) is 19.7 Å². The molecule has 5 rings (SSSR count). The van der Waals surface area contributed by atoms with Crippen LogP contribution < -0.4 is 25.4 Å². The van der Waals surface area contributed by atoms with Crippen molar-refractivity contribution in [2.45, 2.75) is 134 Å². The molecule has 2 aromatic rings. The van der Waals surface area contributed by atoms with Crippen LogP contribution in [0.1, 0.15) is 121 Å². The zero-order chi connectivity index (χ0) is 39.2. The molecule has 4 N–H and O–H groups in total. The highest BCUT2D eigenvalue weighted by Crippen LogP contribution is 2.37. The lowest BCUT2D eigenvalue weighted by Crippen LogP contribution is -2.53. The molecule has 3 aliphatic rings. The predicted octanol–water partition coefficient (Wildman–Crippen LogP) is 6.51. The molecule has 0 aromatic heterocycles. The molecule has 4 amide bonds. The van der Waals surface area contributed by atoms with Crippen LogP contribution in [-0.4, -0.2) is 77.6 Å². The van der Waals surface area contributed by atoms with E-state index in [-0.39, 0.29) is 30.9 Å². The van der Waals surface area contributed by atoms with Crippen LogP contribution in [0.25, 0.3) is 0 Å². The molecule has 2 atom stereocenters. The van der Waals surface area contributed by atoms with Gasteiger partial charge in [0.1, 0.15) is 23.6 Å². The molecular formula is C43H60N4O8. The summed E-state index contributed by atoms with van der Waals surface area (Å²) in [5.74, 6) is -0.239. The van der Waals surface area contributed by atoms with E-state index in [1.807, 2.05) is 32.0 Å². The molecule has 12 heteroatoms. The number of amides is 4. The number of carboxylic acid groups (broad SMARTS) is 1. The number of carbonyl (C=O) groups is 5. The Bertz CT molecular complexity index is 1580. The smallest absolute Gasteiger partial charge is 0.415 e. The van der Waals surface area contributed by atoms with Gasteiger partial charge in [-0.1, -0.05) is 82.7 Å². The van der Waals surface area contributed by atoms with E-state index in [4.69, 9.17) is 9.47 Å². The van der Waals surface area contributed by atoms with Crippen LogP contribution in [0.5, 0.6) is 11.5 Å². The minimum Gasteiger partial charge on any atom is -0.483 e. The van der Waals surface area contributed by atoms with Crippen molar-refractivity contribution >= 4 is 29.8 Å². The molecule has 0 spiro atoms. The first kappa shape index (κ1) is 41.6. The van der Waals surface area contributed by atoms with Gasteiger partial charge in [-0.3, -0.25) is 14.4 Å². The van der Waals surface area contributed by atoms with Gasteiger partial charge in [-0.25, -0.2) is 9.59 Å². The summed E-state index contributed by atoms with van der Waals surface area (Å²) in [6.45, 7) is 4.54. The summed E-state index contributed by atoms with van der Waals surface area (Å²) >= 11 is 0. The number of nitrogens with one attached hydrogen (secondary N) is 3. The van der Waals surface area contributed by atoms with Crippen molar-refractivity contribution in [1.29, 1.82) is 0 Å². The Labute approximate surface area is 325 Å². The van der Waals surface area contributed by atoms with E-state index in [0.29, 0.717) is 67.7 Å². The molecule has 300 valence electrons. The lowest BCUT2D eigenvalue weighted by molar-refractivity contribution is -0.142. The van der Waals surface area contributed by atoms with Gasteiger partial charge < -0.3 is 35.4 Å². The summed E-state index contributed by atoms with van der Waals surface area (Å²) in [5, 5.41) is 18.5. The van der Waals surface area contributed by atoms with Crippen molar-refractivity contribution in [3.8, 4) is 11.5 Å². The van der Waals surface area contributed by atoms with Crippen LogP contribution in [0.4, 0.5) is 4.79 Å². The molecule has 1 heterocycles. The van der Waals surface area contributed by atoms with Crippen LogP contribution in [0.3, 0.4) is 0 Å². The molecule has 2 aromatic carbocycles. The maximum absolute atomic E-state index is 13.4. The third kappa shape index (κ3) is 13.3. The molecule has 1 saturated heterocycles. The average molecular weight is 761 g/mol. The van der Waals surface area contributed by atoms with E-state index in [9.17, 15) is 29.1 Å². The van der Waals surface area contributed by atoms with Crippen molar-refractivity contribution in [2.24, 2.45) is 11.8 Å².